The summed E-state index contributed by atoms with van der Waals surface area (Å²) in [7, 11) is 3.38. The van der Waals surface area contributed by atoms with Gasteiger partial charge >= 0.3 is 5.97 Å². The van der Waals surface area contributed by atoms with Crippen LogP contribution in [0.4, 0.5) is 0 Å². The summed E-state index contributed by atoms with van der Waals surface area (Å²) < 4.78 is 0. The number of aromatic amines is 1. The average molecular weight is 392 g/mol. The van der Waals surface area contributed by atoms with Gasteiger partial charge in [0.25, 0.3) is 0 Å². The monoisotopic (exact) mass is 392 g/mol. The number of benzene rings is 1. The van der Waals surface area contributed by atoms with Crippen LogP contribution in [-0.4, -0.2) is 46.7 Å². The highest BCUT2D eigenvalue weighted by Gasteiger charge is 2.30. The third-order valence-electron chi connectivity index (χ3n) is 4.33. The molecule has 3 N–H and O–H groups in total. The zero-order valence-electron chi connectivity index (χ0n) is 16.4. The Morgan fingerprint density at radius 3 is 2.21 bits per heavy atom. The molecule has 2 aromatic rings. The van der Waals surface area contributed by atoms with Crippen LogP contribution in [0, 0.1) is 22.7 Å². The van der Waals surface area contributed by atoms with Crippen LogP contribution in [0.25, 0.3) is 10.9 Å². The van der Waals surface area contributed by atoms with E-state index in [0.29, 0.717) is 39.0 Å². The fraction of sp³-hybridized carbons (Fsp3) is 0.250. The molecular weight excluding hydrogens is 372 g/mol. The number of carboxylic acid groups (broad SMARTS) is 1. The number of nitriles is 2. The molecule has 0 unspecified atom stereocenters. The van der Waals surface area contributed by atoms with Crippen molar-refractivity contribution < 1.29 is 14.7 Å². The van der Waals surface area contributed by atoms with Gasteiger partial charge in [-0.05, 0) is 31.5 Å². The maximum atomic E-state index is 11.3. The molecule has 0 saturated carbocycles. The minimum absolute atomic E-state index is 0.0841. The highest BCUT2D eigenvalue weighted by atomic mass is 16.4. The zero-order chi connectivity index (χ0) is 21.7. The van der Waals surface area contributed by atoms with E-state index in [1.807, 2.05) is 0 Å². The fourth-order valence-corrected chi connectivity index (χ4v) is 3.00. The number of carbonyl (C=O) groups is 2. The lowest BCUT2D eigenvalue weighted by molar-refractivity contribution is -0.115. The van der Waals surface area contributed by atoms with E-state index in [-0.39, 0.29) is 5.69 Å². The lowest BCUT2D eigenvalue weighted by atomic mass is 9.81. The molecular formula is C20H20N6O3. The van der Waals surface area contributed by atoms with E-state index in [2.05, 4.69) is 27.7 Å². The largest absolute Gasteiger partial charge is 0.476 e. The van der Waals surface area contributed by atoms with Crippen LogP contribution in [-0.2, 0) is 4.79 Å². The highest BCUT2D eigenvalue weighted by Crippen LogP contribution is 2.38. The Morgan fingerprint density at radius 1 is 1.21 bits per heavy atom. The van der Waals surface area contributed by atoms with Crippen LogP contribution in [0.2, 0.25) is 0 Å². The van der Waals surface area contributed by atoms with E-state index in [9.17, 15) is 25.2 Å². The molecule has 0 aliphatic carbocycles. The second kappa shape index (κ2) is 8.72. The lowest BCUT2D eigenvalue weighted by Gasteiger charge is -2.26. The summed E-state index contributed by atoms with van der Waals surface area (Å²) in [6.07, 6.45) is 0.750. The Balaban J connectivity index is 0.000000537. The van der Waals surface area contributed by atoms with Crippen molar-refractivity contribution in [2.75, 3.05) is 14.1 Å². The van der Waals surface area contributed by atoms with Crippen molar-refractivity contribution in [3.05, 3.63) is 52.0 Å². The minimum atomic E-state index is -1.14. The maximum Gasteiger partial charge on any atom is 0.357 e. The molecule has 0 fully saturated rings. The summed E-state index contributed by atoms with van der Waals surface area (Å²) >= 11 is 0. The van der Waals surface area contributed by atoms with Gasteiger partial charge < -0.3 is 15.3 Å². The van der Waals surface area contributed by atoms with Crippen molar-refractivity contribution >= 4 is 23.3 Å². The van der Waals surface area contributed by atoms with Crippen LogP contribution in [0.1, 0.15) is 35.8 Å². The molecule has 1 aromatic carbocycles. The van der Waals surface area contributed by atoms with E-state index in [1.54, 1.807) is 46.1 Å². The third kappa shape index (κ3) is 4.25. The number of fused-ring (bicyclic) bond motifs is 1. The molecule has 0 atom stereocenters. The van der Waals surface area contributed by atoms with Crippen LogP contribution in [0.15, 0.2) is 40.7 Å². The normalized spacial score (nSPS) is 13.7. The molecule has 0 spiro atoms. The van der Waals surface area contributed by atoms with Gasteiger partial charge in [-0.3, -0.25) is 9.89 Å². The van der Waals surface area contributed by atoms with Crippen LogP contribution in [0.5, 0.6) is 0 Å². The summed E-state index contributed by atoms with van der Waals surface area (Å²) in [6.45, 7) is 3.56. The lowest BCUT2D eigenvalue weighted by Crippen LogP contribution is -2.23. The molecule has 0 bridgehead atoms. The first kappa shape index (κ1) is 21.2. The van der Waals surface area contributed by atoms with Crippen molar-refractivity contribution in [1.82, 2.24) is 20.4 Å². The smallest absolute Gasteiger partial charge is 0.357 e. The van der Waals surface area contributed by atoms with Crippen molar-refractivity contribution in [1.29, 1.82) is 10.5 Å². The number of H-pyrrole nitrogens is 1. The van der Waals surface area contributed by atoms with Crippen molar-refractivity contribution in [3.63, 3.8) is 0 Å². The number of hydrogen-bond donors (Lipinski definition) is 3. The van der Waals surface area contributed by atoms with Gasteiger partial charge in [0.1, 0.15) is 0 Å². The van der Waals surface area contributed by atoms with Crippen LogP contribution >= 0.6 is 0 Å². The Hall–Kier alpha value is -4.11. The standard InChI is InChI=1S/C17H13N5O2.C3H7NO/c1-8-12(6-18)15(13(7-19)9(2)20-8)10-3-4-14-11(5-10)16(17(23)24)22-21-14;1-4(2)3-5/h3-5,15,20H,1-2H3,(H,21,22)(H,23,24);3H,1-2H3. The van der Waals surface area contributed by atoms with E-state index in [1.165, 1.54) is 4.90 Å². The summed E-state index contributed by atoms with van der Waals surface area (Å²) in [5.74, 6) is -1.66. The van der Waals surface area contributed by atoms with Crippen LogP contribution < -0.4 is 5.32 Å². The number of carbonyl (C=O) groups excluding carboxylic acids is 1. The van der Waals surface area contributed by atoms with Gasteiger partial charge in [0, 0.05) is 30.9 Å². The summed E-state index contributed by atoms with van der Waals surface area (Å²) in [5, 5.41) is 38.2. The number of aromatic nitrogens is 2. The first-order chi connectivity index (χ1) is 13.7. The zero-order valence-corrected chi connectivity index (χ0v) is 16.4. The van der Waals surface area contributed by atoms with Gasteiger partial charge in [0.2, 0.25) is 6.41 Å². The summed E-state index contributed by atoms with van der Waals surface area (Å²) in [5.41, 5.74) is 3.44. The van der Waals surface area contributed by atoms with Gasteiger partial charge in [-0.1, -0.05) is 6.07 Å². The number of nitrogens with one attached hydrogen (secondary N) is 2. The Morgan fingerprint density at radius 2 is 1.76 bits per heavy atom. The molecule has 1 aromatic heterocycles. The molecule has 0 saturated heterocycles. The van der Waals surface area contributed by atoms with Gasteiger partial charge in [0.15, 0.2) is 5.69 Å². The van der Waals surface area contributed by atoms with Crippen molar-refractivity contribution in [2.24, 2.45) is 0 Å². The molecule has 3 rings (SSSR count). The predicted octanol–water partition coefficient (Wildman–Crippen LogP) is 2.25. The fourth-order valence-electron chi connectivity index (χ4n) is 3.00. The van der Waals surface area contributed by atoms with Crippen molar-refractivity contribution in [2.45, 2.75) is 19.8 Å². The minimum Gasteiger partial charge on any atom is -0.476 e. The average Bonchev–Trinajstić information content (AvgIpc) is 3.11. The summed E-state index contributed by atoms with van der Waals surface area (Å²) in [4.78, 5) is 22.2. The molecule has 29 heavy (non-hydrogen) atoms. The number of allylic oxidation sites excluding steroid dienone is 4. The van der Waals surface area contributed by atoms with E-state index < -0.39 is 11.9 Å². The summed E-state index contributed by atoms with van der Waals surface area (Å²) in [6, 6.07) is 9.48. The first-order valence-electron chi connectivity index (χ1n) is 8.56. The number of dihydropyridines is 1. The second-order valence-electron chi connectivity index (χ2n) is 6.61. The molecule has 1 amide bonds. The first-order valence-corrected chi connectivity index (χ1v) is 8.56. The molecule has 9 nitrogen and oxygen atoms in total. The number of carboxylic acids is 1. The van der Waals surface area contributed by atoms with Crippen molar-refractivity contribution in [3.8, 4) is 12.1 Å². The van der Waals surface area contributed by atoms with E-state index in [4.69, 9.17) is 0 Å². The number of nitrogens with zero attached hydrogens (tertiary/aromatic N) is 4. The second-order valence-corrected chi connectivity index (χ2v) is 6.61. The van der Waals surface area contributed by atoms with Gasteiger partial charge in [0.05, 0.1) is 34.7 Å². The molecule has 148 valence electrons. The quantitative estimate of drug-likeness (QED) is 0.679. The van der Waals surface area contributed by atoms with Gasteiger partial charge in [-0.15, -0.1) is 0 Å². The van der Waals surface area contributed by atoms with Gasteiger partial charge in [-0.2, -0.15) is 15.6 Å². The SMILES string of the molecule is CC1=C(C#N)C(c2ccc3[nH]nc(C(=O)O)c3c2)C(C#N)=C(C)N1.CN(C)C=O. The van der Waals surface area contributed by atoms with E-state index in [0.717, 1.165) is 6.41 Å². The molecule has 1 aliphatic rings. The van der Waals surface area contributed by atoms with Crippen LogP contribution in [0.3, 0.4) is 0 Å². The number of rotatable bonds is 3. The van der Waals surface area contributed by atoms with E-state index >= 15 is 0 Å². The predicted molar refractivity (Wildman–Crippen MR) is 105 cm³/mol. The number of amides is 1. The maximum absolute atomic E-state index is 11.3. The van der Waals surface area contributed by atoms with Gasteiger partial charge in [-0.25, -0.2) is 4.79 Å². The molecule has 0 radical (unpaired) electrons. The Labute approximate surface area is 167 Å². The Kier molecular flexibility index (Phi) is 6.37. The highest BCUT2D eigenvalue weighted by molar-refractivity contribution is 6.01. The Bertz CT molecular complexity index is 1080. The molecule has 2 heterocycles. The number of aromatic carboxylic acids is 1. The molecule has 1 aliphatic heterocycles. The topological polar surface area (TPSA) is 146 Å². The third-order valence-corrected chi connectivity index (χ3v) is 4.33. The number of hydrogen-bond acceptors (Lipinski definition) is 6. The molecule has 9 heteroatoms.